The molecule has 1 N–H and O–H groups in total. The maximum atomic E-state index is 13.0. The molecule has 1 atom stereocenters. The quantitative estimate of drug-likeness (QED) is 0.941. The average Bonchev–Trinajstić information content (AvgIpc) is 2.30. The van der Waals surface area contributed by atoms with Crippen LogP contribution in [-0.2, 0) is 0 Å². The minimum Gasteiger partial charge on any atom is -0.376 e. The van der Waals surface area contributed by atoms with Crippen molar-refractivity contribution in [2.24, 2.45) is 0 Å². The summed E-state index contributed by atoms with van der Waals surface area (Å²) in [6, 6.07) is 4.69. The molecule has 17 heavy (non-hydrogen) atoms. The van der Waals surface area contributed by atoms with Gasteiger partial charge in [-0.15, -0.1) is 0 Å². The fourth-order valence-corrected chi connectivity index (χ4v) is 2.25. The first-order valence-corrected chi connectivity index (χ1v) is 5.92. The minimum atomic E-state index is -0.254. The molecule has 1 aromatic carbocycles. The molecule has 2 aromatic rings. The Balaban J connectivity index is 2.17. The van der Waals surface area contributed by atoms with E-state index in [4.69, 9.17) is 0 Å². The van der Waals surface area contributed by atoms with Crippen molar-refractivity contribution in [1.29, 1.82) is 0 Å². The number of hydrogen-bond acceptors (Lipinski definition) is 3. The highest BCUT2D eigenvalue weighted by atomic mass is 79.9. The molecule has 0 aliphatic heterocycles. The first kappa shape index (κ1) is 12.0. The van der Waals surface area contributed by atoms with E-state index in [2.05, 4.69) is 31.2 Å². The highest BCUT2D eigenvalue weighted by molar-refractivity contribution is 9.10. The van der Waals surface area contributed by atoms with Crippen molar-refractivity contribution in [3.63, 3.8) is 0 Å². The topological polar surface area (TPSA) is 37.8 Å². The summed E-state index contributed by atoms with van der Waals surface area (Å²) in [5.74, 6) is -0.254. The summed E-state index contributed by atoms with van der Waals surface area (Å²) in [6.45, 7) is 1.99. The van der Waals surface area contributed by atoms with Crippen molar-refractivity contribution in [3.8, 4) is 0 Å². The molecule has 88 valence electrons. The Hall–Kier alpha value is -1.49. The zero-order valence-electron chi connectivity index (χ0n) is 9.19. The molecule has 0 aliphatic rings. The predicted octanol–water partition coefficient (Wildman–Crippen LogP) is 3.55. The normalized spacial score (nSPS) is 12.2. The first-order chi connectivity index (χ1) is 8.16. The molecule has 0 radical (unpaired) electrons. The largest absolute Gasteiger partial charge is 0.376 e. The van der Waals surface area contributed by atoms with Gasteiger partial charge in [0.2, 0.25) is 0 Å². The number of rotatable bonds is 3. The summed E-state index contributed by atoms with van der Waals surface area (Å²) in [5.41, 5.74) is 1.81. The maximum absolute atomic E-state index is 13.0. The van der Waals surface area contributed by atoms with E-state index in [1.54, 1.807) is 18.5 Å². The molecule has 0 saturated heterocycles. The van der Waals surface area contributed by atoms with Crippen LogP contribution in [0.5, 0.6) is 0 Å². The third-order valence-electron chi connectivity index (χ3n) is 2.37. The number of aromatic nitrogens is 2. The molecular formula is C12H11BrFN3. The van der Waals surface area contributed by atoms with Crippen LogP contribution < -0.4 is 5.32 Å². The summed E-state index contributed by atoms with van der Waals surface area (Å²) in [5, 5.41) is 3.24. The van der Waals surface area contributed by atoms with Gasteiger partial charge in [-0.1, -0.05) is 22.0 Å². The molecule has 3 nitrogen and oxygen atoms in total. The Morgan fingerprint density at radius 1 is 1.29 bits per heavy atom. The molecule has 0 amide bonds. The van der Waals surface area contributed by atoms with Gasteiger partial charge in [-0.3, -0.25) is 0 Å². The lowest BCUT2D eigenvalue weighted by Gasteiger charge is -2.16. The van der Waals surface area contributed by atoms with Gasteiger partial charge in [0.15, 0.2) is 0 Å². The summed E-state index contributed by atoms with van der Waals surface area (Å²) < 4.78 is 13.7. The number of hydrogen-bond donors (Lipinski definition) is 1. The molecule has 1 heterocycles. The molecular weight excluding hydrogens is 285 g/mol. The number of anilines is 1. The number of nitrogens with one attached hydrogen (secondary N) is 1. The third-order valence-corrected chi connectivity index (χ3v) is 3.06. The zero-order chi connectivity index (χ0) is 12.3. The molecule has 5 heteroatoms. The van der Waals surface area contributed by atoms with E-state index in [0.717, 1.165) is 15.7 Å². The Labute approximate surface area is 107 Å². The van der Waals surface area contributed by atoms with Gasteiger partial charge in [-0.2, -0.15) is 0 Å². The Morgan fingerprint density at radius 3 is 2.65 bits per heavy atom. The zero-order valence-corrected chi connectivity index (χ0v) is 10.8. The first-order valence-electron chi connectivity index (χ1n) is 5.13. The van der Waals surface area contributed by atoms with Crippen LogP contribution in [-0.4, -0.2) is 9.97 Å². The van der Waals surface area contributed by atoms with Gasteiger partial charge in [0, 0.05) is 10.5 Å². The van der Waals surface area contributed by atoms with Crippen LogP contribution in [0.4, 0.5) is 10.1 Å². The van der Waals surface area contributed by atoms with Crippen LogP contribution in [0.25, 0.3) is 0 Å². The fraction of sp³-hybridized carbons (Fsp3) is 0.167. The summed E-state index contributed by atoms with van der Waals surface area (Å²) >= 11 is 3.35. The van der Waals surface area contributed by atoms with Crippen LogP contribution >= 0.6 is 15.9 Å². The summed E-state index contributed by atoms with van der Waals surface area (Å²) in [7, 11) is 0. The summed E-state index contributed by atoms with van der Waals surface area (Å²) in [6.07, 6.45) is 4.87. The van der Waals surface area contributed by atoms with Gasteiger partial charge in [-0.25, -0.2) is 14.4 Å². The van der Waals surface area contributed by atoms with Gasteiger partial charge >= 0.3 is 0 Å². The standard InChI is InChI=1S/C12H11BrFN3/c1-8(17-10-5-15-7-16-6-10)11-3-2-9(14)4-12(11)13/h2-8,17H,1H3. The van der Waals surface area contributed by atoms with Gasteiger partial charge in [0.1, 0.15) is 12.1 Å². The fourth-order valence-electron chi connectivity index (χ4n) is 1.55. The lowest BCUT2D eigenvalue weighted by molar-refractivity contribution is 0.625. The van der Waals surface area contributed by atoms with Crippen molar-refractivity contribution in [3.05, 3.63) is 52.8 Å². The van der Waals surface area contributed by atoms with Gasteiger partial charge in [-0.05, 0) is 24.6 Å². The molecule has 0 aliphatic carbocycles. The Bertz CT molecular complexity index is 504. The van der Waals surface area contributed by atoms with Gasteiger partial charge < -0.3 is 5.32 Å². The second-order valence-electron chi connectivity index (χ2n) is 3.66. The molecule has 2 rings (SSSR count). The van der Waals surface area contributed by atoms with Crippen LogP contribution in [0, 0.1) is 5.82 Å². The number of halogens is 2. The summed E-state index contributed by atoms with van der Waals surface area (Å²) in [4.78, 5) is 7.85. The highest BCUT2D eigenvalue weighted by Crippen LogP contribution is 2.26. The van der Waals surface area contributed by atoms with E-state index in [9.17, 15) is 4.39 Å². The molecule has 1 unspecified atom stereocenters. The van der Waals surface area contributed by atoms with Crippen LogP contribution in [0.3, 0.4) is 0 Å². The van der Waals surface area contributed by atoms with Crippen molar-refractivity contribution in [2.45, 2.75) is 13.0 Å². The van der Waals surface area contributed by atoms with E-state index >= 15 is 0 Å². The second kappa shape index (κ2) is 5.23. The minimum absolute atomic E-state index is 0.0379. The van der Waals surface area contributed by atoms with E-state index in [1.165, 1.54) is 18.5 Å². The Morgan fingerprint density at radius 2 is 2.00 bits per heavy atom. The van der Waals surface area contributed by atoms with Crippen molar-refractivity contribution >= 4 is 21.6 Å². The van der Waals surface area contributed by atoms with E-state index in [-0.39, 0.29) is 11.9 Å². The maximum Gasteiger partial charge on any atom is 0.124 e. The molecule has 0 fully saturated rings. The SMILES string of the molecule is CC(Nc1cncnc1)c1ccc(F)cc1Br. The lowest BCUT2D eigenvalue weighted by atomic mass is 10.1. The number of nitrogens with zero attached hydrogens (tertiary/aromatic N) is 2. The number of benzene rings is 1. The molecule has 0 spiro atoms. The average molecular weight is 296 g/mol. The predicted molar refractivity (Wildman–Crippen MR) is 68.2 cm³/mol. The molecule has 0 saturated carbocycles. The third kappa shape index (κ3) is 3.00. The van der Waals surface area contributed by atoms with Crippen molar-refractivity contribution < 1.29 is 4.39 Å². The van der Waals surface area contributed by atoms with Crippen molar-refractivity contribution in [1.82, 2.24) is 9.97 Å². The van der Waals surface area contributed by atoms with Crippen LogP contribution in [0.15, 0.2) is 41.4 Å². The second-order valence-corrected chi connectivity index (χ2v) is 4.51. The monoisotopic (exact) mass is 295 g/mol. The van der Waals surface area contributed by atoms with Crippen LogP contribution in [0.1, 0.15) is 18.5 Å². The van der Waals surface area contributed by atoms with E-state index in [0.29, 0.717) is 0 Å². The smallest absolute Gasteiger partial charge is 0.124 e. The molecule has 0 bridgehead atoms. The molecule has 1 aromatic heterocycles. The van der Waals surface area contributed by atoms with Crippen molar-refractivity contribution in [2.75, 3.05) is 5.32 Å². The van der Waals surface area contributed by atoms with E-state index in [1.807, 2.05) is 6.92 Å². The lowest BCUT2D eigenvalue weighted by Crippen LogP contribution is -2.07. The Kier molecular flexibility index (Phi) is 3.68. The van der Waals surface area contributed by atoms with Gasteiger partial charge in [0.25, 0.3) is 0 Å². The highest BCUT2D eigenvalue weighted by Gasteiger charge is 2.10. The van der Waals surface area contributed by atoms with Crippen LogP contribution in [0.2, 0.25) is 0 Å². The van der Waals surface area contributed by atoms with E-state index < -0.39 is 0 Å². The van der Waals surface area contributed by atoms with Gasteiger partial charge in [0.05, 0.1) is 18.1 Å².